The first kappa shape index (κ1) is 18.9. The molecule has 0 spiro atoms. The van der Waals surface area contributed by atoms with E-state index in [0.717, 1.165) is 16.1 Å². The van der Waals surface area contributed by atoms with E-state index in [9.17, 15) is 4.79 Å². The van der Waals surface area contributed by atoms with Crippen molar-refractivity contribution in [3.63, 3.8) is 0 Å². The lowest BCUT2D eigenvalue weighted by atomic mass is 10.0. The number of aryl methyl sites for hydroxylation is 1. The number of nitrogens with zero attached hydrogens (tertiary/aromatic N) is 1. The van der Waals surface area contributed by atoms with Crippen molar-refractivity contribution in [1.29, 1.82) is 0 Å². The number of para-hydroxylation sites is 2. The second kappa shape index (κ2) is 8.68. The summed E-state index contributed by atoms with van der Waals surface area (Å²) in [4.78, 5) is 16.7. The molecule has 140 valence electrons. The van der Waals surface area contributed by atoms with Gasteiger partial charge < -0.3 is 14.2 Å². The molecule has 0 fully saturated rings. The lowest BCUT2D eigenvalue weighted by Crippen LogP contribution is -2.08. The number of methoxy groups -OCH3 is 2. The minimum absolute atomic E-state index is 0.0954. The van der Waals surface area contributed by atoms with Crippen molar-refractivity contribution >= 4 is 17.1 Å². The van der Waals surface area contributed by atoms with Gasteiger partial charge in [-0.05, 0) is 24.6 Å². The van der Waals surface area contributed by atoms with E-state index in [-0.39, 0.29) is 12.2 Å². The zero-order valence-corrected chi connectivity index (χ0v) is 16.3. The molecule has 1 heterocycles. The van der Waals surface area contributed by atoms with E-state index < -0.39 is 0 Å². The summed E-state index contributed by atoms with van der Waals surface area (Å²) in [6.45, 7) is 1.96. The molecule has 2 aromatic carbocycles. The Labute approximate surface area is 162 Å². The summed E-state index contributed by atoms with van der Waals surface area (Å²) in [5.74, 6) is 2.41. The van der Waals surface area contributed by atoms with E-state index in [1.807, 2.05) is 48.7 Å². The molecule has 0 amide bonds. The molecule has 0 saturated carbocycles. The van der Waals surface area contributed by atoms with E-state index in [2.05, 4.69) is 4.98 Å². The van der Waals surface area contributed by atoms with Gasteiger partial charge in [0.25, 0.3) is 0 Å². The number of ether oxygens (including phenoxy) is 3. The average molecular weight is 383 g/mol. The van der Waals surface area contributed by atoms with Crippen LogP contribution in [0.2, 0.25) is 0 Å². The number of rotatable bonds is 8. The number of carbonyl (C=O) groups excluding carboxylic acids is 1. The maximum absolute atomic E-state index is 12.5. The first-order valence-corrected chi connectivity index (χ1v) is 9.37. The smallest absolute Gasteiger partial charge is 0.203 e. The Balaban J connectivity index is 1.87. The molecule has 0 N–H and O–H groups in total. The molecule has 0 bridgehead atoms. The van der Waals surface area contributed by atoms with Crippen LogP contribution < -0.4 is 14.2 Å². The van der Waals surface area contributed by atoms with Crippen LogP contribution in [0.5, 0.6) is 23.0 Å². The van der Waals surface area contributed by atoms with Crippen LogP contribution in [-0.2, 0) is 17.6 Å². The summed E-state index contributed by atoms with van der Waals surface area (Å²) in [6.07, 6.45) is 2.32. The highest BCUT2D eigenvalue weighted by Gasteiger charge is 2.17. The molecule has 5 nitrogen and oxygen atoms in total. The standard InChI is InChI=1S/C21H21NO4S/c1-14-6-4-7-15(12-16(23)13-19-22-10-11-27-19)20(14)26-18-9-5-8-17(24-2)21(18)25-3/h4-11H,12-13H2,1-3H3. The fourth-order valence-corrected chi connectivity index (χ4v) is 3.48. The molecule has 0 aliphatic heterocycles. The Morgan fingerprint density at radius 3 is 2.48 bits per heavy atom. The van der Waals surface area contributed by atoms with Gasteiger partial charge in [-0.1, -0.05) is 24.3 Å². The first-order chi connectivity index (χ1) is 13.1. The van der Waals surface area contributed by atoms with E-state index in [0.29, 0.717) is 29.4 Å². The summed E-state index contributed by atoms with van der Waals surface area (Å²) in [7, 11) is 3.15. The number of thiazole rings is 1. The lowest BCUT2D eigenvalue weighted by molar-refractivity contribution is -0.117. The zero-order chi connectivity index (χ0) is 19.2. The van der Waals surface area contributed by atoms with Crippen LogP contribution in [0.3, 0.4) is 0 Å². The largest absolute Gasteiger partial charge is 0.493 e. The fourth-order valence-electron chi connectivity index (χ4n) is 2.83. The monoisotopic (exact) mass is 383 g/mol. The van der Waals surface area contributed by atoms with Crippen molar-refractivity contribution in [2.75, 3.05) is 14.2 Å². The van der Waals surface area contributed by atoms with Crippen LogP contribution >= 0.6 is 11.3 Å². The normalized spacial score (nSPS) is 10.5. The molecule has 0 aliphatic carbocycles. The summed E-state index contributed by atoms with van der Waals surface area (Å²) >= 11 is 1.49. The third kappa shape index (κ3) is 4.46. The van der Waals surface area contributed by atoms with Crippen LogP contribution in [0.4, 0.5) is 0 Å². The molecular formula is C21H21NO4S. The van der Waals surface area contributed by atoms with Crippen molar-refractivity contribution in [2.24, 2.45) is 0 Å². The van der Waals surface area contributed by atoms with Gasteiger partial charge in [-0.2, -0.15) is 0 Å². The van der Waals surface area contributed by atoms with Crippen LogP contribution in [0.1, 0.15) is 16.1 Å². The molecular weight excluding hydrogens is 362 g/mol. The predicted octanol–water partition coefficient (Wildman–Crippen LogP) is 4.62. The van der Waals surface area contributed by atoms with E-state index in [4.69, 9.17) is 14.2 Å². The van der Waals surface area contributed by atoms with E-state index in [1.54, 1.807) is 20.4 Å². The molecule has 0 unspecified atom stereocenters. The summed E-state index contributed by atoms with van der Waals surface area (Å²) in [6, 6.07) is 11.3. The summed E-state index contributed by atoms with van der Waals surface area (Å²) < 4.78 is 17.0. The van der Waals surface area contributed by atoms with Crippen LogP contribution in [0, 0.1) is 6.92 Å². The first-order valence-electron chi connectivity index (χ1n) is 8.49. The molecule has 0 aliphatic rings. The van der Waals surface area contributed by atoms with Gasteiger partial charge in [-0.15, -0.1) is 11.3 Å². The molecule has 27 heavy (non-hydrogen) atoms. The topological polar surface area (TPSA) is 57.7 Å². The van der Waals surface area contributed by atoms with Crippen molar-refractivity contribution < 1.29 is 19.0 Å². The third-order valence-electron chi connectivity index (χ3n) is 4.09. The van der Waals surface area contributed by atoms with Crippen LogP contribution in [0.15, 0.2) is 48.0 Å². The highest BCUT2D eigenvalue weighted by molar-refractivity contribution is 7.09. The number of Topliss-reactive ketones (excluding diaryl/α,β-unsaturated/α-hetero) is 1. The van der Waals surface area contributed by atoms with Gasteiger partial charge in [0.1, 0.15) is 11.5 Å². The molecule has 1 aromatic heterocycles. The molecule has 0 saturated heterocycles. The predicted molar refractivity (Wildman–Crippen MR) is 105 cm³/mol. The van der Waals surface area contributed by atoms with Gasteiger partial charge in [-0.25, -0.2) is 4.98 Å². The van der Waals surface area contributed by atoms with Crippen molar-refractivity contribution in [2.45, 2.75) is 19.8 Å². The van der Waals surface area contributed by atoms with Gasteiger partial charge in [0, 0.05) is 23.6 Å². The average Bonchev–Trinajstić information content (AvgIpc) is 3.17. The molecule has 0 radical (unpaired) electrons. The number of hydrogen-bond donors (Lipinski definition) is 0. The van der Waals surface area contributed by atoms with Gasteiger partial charge in [0.2, 0.25) is 5.75 Å². The minimum atomic E-state index is 0.0954. The summed E-state index contributed by atoms with van der Waals surface area (Å²) in [5.41, 5.74) is 1.78. The lowest BCUT2D eigenvalue weighted by Gasteiger charge is -2.17. The Kier molecular flexibility index (Phi) is 6.08. The van der Waals surface area contributed by atoms with Crippen LogP contribution in [-0.4, -0.2) is 25.0 Å². The second-order valence-electron chi connectivity index (χ2n) is 5.97. The molecule has 3 rings (SSSR count). The zero-order valence-electron chi connectivity index (χ0n) is 15.5. The van der Waals surface area contributed by atoms with Gasteiger partial charge >= 0.3 is 0 Å². The second-order valence-corrected chi connectivity index (χ2v) is 6.95. The van der Waals surface area contributed by atoms with E-state index in [1.165, 1.54) is 11.3 Å². The maximum atomic E-state index is 12.5. The highest BCUT2D eigenvalue weighted by atomic mass is 32.1. The van der Waals surface area contributed by atoms with Gasteiger partial charge in [0.05, 0.1) is 25.6 Å². The van der Waals surface area contributed by atoms with Gasteiger partial charge in [-0.3, -0.25) is 4.79 Å². The van der Waals surface area contributed by atoms with Gasteiger partial charge in [0.15, 0.2) is 11.5 Å². The maximum Gasteiger partial charge on any atom is 0.203 e. The molecule has 6 heteroatoms. The van der Waals surface area contributed by atoms with Crippen molar-refractivity contribution in [3.8, 4) is 23.0 Å². The molecule has 3 aromatic rings. The number of aromatic nitrogens is 1. The van der Waals surface area contributed by atoms with Crippen molar-refractivity contribution in [3.05, 3.63) is 64.1 Å². The molecule has 0 atom stereocenters. The van der Waals surface area contributed by atoms with Crippen molar-refractivity contribution in [1.82, 2.24) is 4.98 Å². The number of benzene rings is 2. The minimum Gasteiger partial charge on any atom is -0.493 e. The Morgan fingerprint density at radius 1 is 1.00 bits per heavy atom. The Bertz CT molecular complexity index is 922. The Morgan fingerprint density at radius 2 is 1.78 bits per heavy atom. The number of ketones is 1. The fraction of sp³-hybridized carbons (Fsp3) is 0.238. The van der Waals surface area contributed by atoms with E-state index >= 15 is 0 Å². The SMILES string of the molecule is COc1cccc(Oc2c(C)cccc2CC(=O)Cc2nccs2)c1OC. The highest BCUT2D eigenvalue weighted by Crippen LogP contribution is 2.40. The number of carbonyl (C=O) groups is 1. The number of hydrogen-bond acceptors (Lipinski definition) is 6. The third-order valence-corrected chi connectivity index (χ3v) is 4.87. The van der Waals surface area contributed by atoms with Crippen LogP contribution in [0.25, 0.3) is 0 Å². The quantitative estimate of drug-likeness (QED) is 0.568. The summed E-state index contributed by atoms with van der Waals surface area (Å²) in [5, 5.41) is 2.70. The Hall–Kier alpha value is -2.86.